The number of benzene rings is 1. The van der Waals surface area contributed by atoms with Crippen LogP contribution in [0.4, 0.5) is 0 Å². The first-order valence-corrected chi connectivity index (χ1v) is 7.24. The fourth-order valence-corrected chi connectivity index (χ4v) is 2.76. The van der Waals surface area contributed by atoms with E-state index in [2.05, 4.69) is 38.0 Å². The second-order valence-electron chi connectivity index (χ2n) is 4.68. The van der Waals surface area contributed by atoms with Crippen molar-refractivity contribution < 1.29 is 0 Å². The summed E-state index contributed by atoms with van der Waals surface area (Å²) in [5.74, 6) is 0. The Hall–Kier alpha value is -1.78. The second-order valence-corrected chi connectivity index (χ2v) is 5.53. The average Bonchev–Trinajstić information content (AvgIpc) is 2.47. The van der Waals surface area contributed by atoms with Crippen molar-refractivity contribution >= 4 is 26.8 Å². The van der Waals surface area contributed by atoms with Crippen LogP contribution in [0.25, 0.3) is 10.9 Å². The summed E-state index contributed by atoms with van der Waals surface area (Å²) < 4.78 is 0.938. The summed E-state index contributed by atoms with van der Waals surface area (Å²) in [5.41, 5.74) is 9.08. The molecule has 0 amide bonds. The van der Waals surface area contributed by atoms with Gasteiger partial charge in [-0.25, -0.2) is 0 Å². The van der Waals surface area contributed by atoms with Crippen LogP contribution in [0.5, 0.6) is 0 Å². The highest BCUT2D eigenvalue weighted by atomic mass is 79.9. The Balaban J connectivity index is 1.87. The highest BCUT2D eigenvalue weighted by Gasteiger charge is 2.12. The van der Waals surface area contributed by atoms with E-state index in [0.29, 0.717) is 6.42 Å². The number of hydrogen-bond donors (Lipinski definition) is 1. The maximum Gasteiger partial charge on any atom is 0.0716 e. The van der Waals surface area contributed by atoms with Crippen molar-refractivity contribution in [3.05, 3.63) is 70.6 Å². The van der Waals surface area contributed by atoms with Gasteiger partial charge in [0.25, 0.3) is 0 Å². The van der Waals surface area contributed by atoms with E-state index in [1.54, 1.807) is 6.20 Å². The van der Waals surface area contributed by atoms with Crippen LogP contribution in [0.3, 0.4) is 0 Å². The lowest BCUT2D eigenvalue weighted by atomic mass is 10.1. The number of nitrogens with zero attached hydrogens (tertiary/aromatic N) is 2. The minimum absolute atomic E-state index is 0.167. The van der Waals surface area contributed by atoms with Gasteiger partial charge in [0.05, 0.1) is 17.3 Å². The van der Waals surface area contributed by atoms with Gasteiger partial charge in [-0.15, -0.1) is 0 Å². The summed E-state index contributed by atoms with van der Waals surface area (Å²) in [6, 6.07) is 15.9. The molecule has 3 aromatic rings. The van der Waals surface area contributed by atoms with E-state index in [9.17, 15) is 0 Å². The number of pyridine rings is 2. The minimum Gasteiger partial charge on any atom is -0.322 e. The van der Waals surface area contributed by atoms with Crippen molar-refractivity contribution in [3.63, 3.8) is 0 Å². The Morgan fingerprint density at radius 2 is 1.90 bits per heavy atom. The van der Waals surface area contributed by atoms with Gasteiger partial charge < -0.3 is 5.73 Å². The molecule has 0 aliphatic rings. The average molecular weight is 328 g/mol. The second kappa shape index (κ2) is 5.69. The molecule has 0 aliphatic carbocycles. The van der Waals surface area contributed by atoms with Crippen LogP contribution in [0.2, 0.25) is 0 Å². The normalized spacial score (nSPS) is 12.5. The van der Waals surface area contributed by atoms with Gasteiger partial charge in [-0.05, 0) is 40.2 Å². The van der Waals surface area contributed by atoms with Gasteiger partial charge in [-0.3, -0.25) is 9.97 Å². The molecule has 0 radical (unpaired) electrons. The molecule has 0 saturated carbocycles. The summed E-state index contributed by atoms with van der Waals surface area (Å²) in [7, 11) is 0. The van der Waals surface area contributed by atoms with E-state index < -0.39 is 0 Å². The summed E-state index contributed by atoms with van der Waals surface area (Å²) in [6.45, 7) is 0. The van der Waals surface area contributed by atoms with E-state index in [1.165, 1.54) is 0 Å². The van der Waals surface area contributed by atoms with Crippen LogP contribution in [0.1, 0.15) is 17.4 Å². The molecular weight excluding hydrogens is 314 g/mol. The van der Waals surface area contributed by atoms with Gasteiger partial charge in [0.2, 0.25) is 0 Å². The Labute approximate surface area is 126 Å². The third-order valence-corrected chi connectivity index (χ3v) is 3.89. The first kappa shape index (κ1) is 13.2. The summed E-state index contributed by atoms with van der Waals surface area (Å²) in [6.07, 6.45) is 2.42. The zero-order valence-corrected chi connectivity index (χ0v) is 12.4. The van der Waals surface area contributed by atoms with Crippen LogP contribution >= 0.6 is 15.9 Å². The van der Waals surface area contributed by atoms with Crippen molar-refractivity contribution in [3.8, 4) is 0 Å². The van der Waals surface area contributed by atoms with Gasteiger partial charge in [-0.2, -0.15) is 0 Å². The van der Waals surface area contributed by atoms with Crippen LogP contribution in [0, 0.1) is 0 Å². The minimum atomic E-state index is -0.167. The van der Waals surface area contributed by atoms with Gasteiger partial charge in [-0.1, -0.05) is 24.3 Å². The standard InChI is InChI=1S/C16H14BrN3/c17-13-5-3-9-19-16(13)14(18)10-12-8-7-11-4-1-2-6-15(11)20-12/h1-9,14H,10,18H2. The summed E-state index contributed by atoms with van der Waals surface area (Å²) >= 11 is 3.49. The topological polar surface area (TPSA) is 51.8 Å². The predicted molar refractivity (Wildman–Crippen MR) is 84.3 cm³/mol. The SMILES string of the molecule is NC(Cc1ccc2ccccc2n1)c1ncccc1Br. The Morgan fingerprint density at radius 3 is 2.75 bits per heavy atom. The highest BCUT2D eigenvalue weighted by Crippen LogP contribution is 2.22. The van der Waals surface area contributed by atoms with E-state index in [4.69, 9.17) is 5.73 Å². The van der Waals surface area contributed by atoms with E-state index in [-0.39, 0.29) is 6.04 Å². The quantitative estimate of drug-likeness (QED) is 0.799. The first-order chi connectivity index (χ1) is 9.74. The number of hydrogen-bond acceptors (Lipinski definition) is 3. The molecule has 2 aromatic heterocycles. The summed E-state index contributed by atoms with van der Waals surface area (Å²) in [4.78, 5) is 8.98. The van der Waals surface area contributed by atoms with Crippen molar-refractivity contribution in [2.45, 2.75) is 12.5 Å². The molecule has 3 nitrogen and oxygen atoms in total. The third-order valence-electron chi connectivity index (χ3n) is 3.22. The number of halogens is 1. The number of fused-ring (bicyclic) bond motifs is 1. The van der Waals surface area contributed by atoms with Gasteiger partial charge >= 0.3 is 0 Å². The van der Waals surface area contributed by atoms with Gasteiger partial charge in [0.15, 0.2) is 0 Å². The maximum absolute atomic E-state index is 6.24. The number of para-hydroxylation sites is 1. The molecule has 1 unspecified atom stereocenters. The lowest BCUT2D eigenvalue weighted by molar-refractivity contribution is 0.681. The molecule has 4 heteroatoms. The number of nitrogens with two attached hydrogens (primary N) is 1. The van der Waals surface area contributed by atoms with Crippen LogP contribution in [0.15, 0.2) is 59.2 Å². The highest BCUT2D eigenvalue weighted by molar-refractivity contribution is 9.10. The van der Waals surface area contributed by atoms with Crippen molar-refractivity contribution in [1.29, 1.82) is 0 Å². The lowest BCUT2D eigenvalue weighted by Crippen LogP contribution is -2.16. The van der Waals surface area contributed by atoms with Crippen LogP contribution in [-0.2, 0) is 6.42 Å². The maximum atomic E-state index is 6.24. The zero-order chi connectivity index (χ0) is 13.9. The molecule has 20 heavy (non-hydrogen) atoms. The molecule has 2 N–H and O–H groups in total. The van der Waals surface area contributed by atoms with Crippen LogP contribution in [-0.4, -0.2) is 9.97 Å². The monoisotopic (exact) mass is 327 g/mol. The Kier molecular flexibility index (Phi) is 3.76. The molecule has 1 atom stereocenters. The summed E-state index contributed by atoms with van der Waals surface area (Å²) in [5, 5.41) is 1.14. The Bertz CT molecular complexity index is 742. The van der Waals surface area contributed by atoms with Gasteiger partial charge in [0.1, 0.15) is 0 Å². The van der Waals surface area contributed by atoms with Crippen molar-refractivity contribution in [1.82, 2.24) is 9.97 Å². The largest absolute Gasteiger partial charge is 0.322 e. The molecule has 0 aliphatic heterocycles. The fourth-order valence-electron chi connectivity index (χ4n) is 2.21. The molecule has 0 fully saturated rings. The van der Waals surface area contributed by atoms with E-state index in [0.717, 1.165) is 26.8 Å². The molecule has 0 bridgehead atoms. The molecule has 3 rings (SSSR count). The molecule has 0 spiro atoms. The third kappa shape index (κ3) is 2.71. The zero-order valence-electron chi connectivity index (χ0n) is 10.8. The van der Waals surface area contributed by atoms with Crippen molar-refractivity contribution in [2.75, 3.05) is 0 Å². The van der Waals surface area contributed by atoms with E-state index >= 15 is 0 Å². The number of rotatable bonds is 3. The molecular formula is C16H14BrN3. The van der Waals surface area contributed by atoms with Crippen LogP contribution < -0.4 is 5.73 Å². The first-order valence-electron chi connectivity index (χ1n) is 6.45. The molecule has 100 valence electrons. The molecule has 0 saturated heterocycles. The fraction of sp³-hybridized carbons (Fsp3) is 0.125. The number of aromatic nitrogens is 2. The Morgan fingerprint density at radius 1 is 1.05 bits per heavy atom. The molecule has 2 heterocycles. The van der Waals surface area contributed by atoms with Gasteiger partial charge in [0, 0.05) is 28.2 Å². The smallest absolute Gasteiger partial charge is 0.0716 e. The van der Waals surface area contributed by atoms with E-state index in [1.807, 2.05) is 36.4 Å². The lowest BCUT2D eigenvalue weighted by Gasteiger charge is -2.12. The predicted octanol–water partition coefficient (Wildman–Crippen LogP) is 3.63. The van der Waals surface area contributed by atoms with Crippen molar-refractivity contribution in [2.24, 2.45) is 5.73 Å². The molecule has 1 aromatic carbocycles.